The normalized spacial score (nSPS) is 14.1. The molecule has 0 unspecified atom stereocenters. The number of ether oxygens (including phenoxy) is 1. The third-order valence-corrected chi connectivity index (χ3v) is 5.69. The zero-order valence-corrected chi connectivity index (χ0v) is 19.6. The van der Waals surface area contributed by atoms with Crippen molar-refractivity contribution < 1.29 is 9.53 Å². The lowest BCUT2D eigenvalue weighted by Crippen LogP contribution is -2.36. The van der Waals surface area contributed by atoms with E-state index in [4.69, 9.17) is 27.7 Å². The SMILES string of the molecule is [N-]=[N+]=NCn1cc(-c2cc(Cl)ncc2/C=C/C(=O)N(N)c2ccc(CN3CCOCC3)cc2)cn1. The lowest BCUT2D eigenvalue weighted by molar-refractivity contribution is -0.114. The number of hydrogen-bond acceptors (Lipinski definition) is 7. The topological polar surface area (TPSA) is 138 Å². The van der Waals surface area contributed by atoms with Crippen molar-refractivity contribution in [1.82, 2.24) is 19.7 Å². The van der Waals surface area contributed by atoms with Gasteiger partial charge in [0.05, 0.1) is 25.1 Å². The van der Waals surface area contributed by atoms with Crippen molar-refractivity contribution in [2.24, 2.45) is 11.0 Å². The fourth-order valence-corrected chi connectivity index (χ4v) is 3.80. The van der Waals surface area contributed by atoms with Crippen LogP contribution in [0.5, 0.6) is 0 Å². The molecule has 1 amide bonds. The largest absolute Gasteiger partial charge is 0.379 e. The molecule has 0 bridgehead atoms. The summed E-state index contributed by atoms with van der Waals surface area (Å²) in [4.78, 5) is 21.9. The molecule has 0 spiro atoms. The maximum absolute atomic E-state index is 12.7. The van der Waals surface area contributed by atoms with E-state index in [9.17, 15) is 4.79 Å². The summed E-state index contributed by atoms with van der Waals surface area (Å²) in [6.07, 6.45) is 7.89. The third kappa shape index (κ3) is 6.44. The van der Waals surface area contributed by atoms with Gasteiger partial charge in [0.2, 0.25) is 0 Å². The standard InChI is InChI=1S/C23H24ClN9O2/c24-22-11-21(19-13-29-32(15-19)16-28-30-25)18(12-27-22)3-6-23(34)33(26)20-4-1-17(2-5-20)14-31-7-9-35-10-8-31/h1-6,11-13,15H,7-10,14,16,26H2/b6-3+. The van der Waals surface area contributed by atoms with Gasteiger partial charge in [-0.25, -0.2) is 15.8 Å². The molecule has 1 aliphatic rings. The number of nitrogens with zero attached hydrogens (tertiary/aromatic N) is 8. The fourth-order valence-electron chi connectivity index (χ4n) is 3.64. The van der Waals surface area contributed by atoms with Crippen molar-refractivity contribution in [3.63, 3.8) is 0 Å². The predicted molar refractivity (Wildman–Crippen MR) is 133 cm³/mol. The lowest BCUT2D eigenvalue weighted by atomic mass is 10.0. The molecule has 180 valence electrons. The van der Waals surface area contributed by atoms with Crippen LogP contribution in [0.3, 0.4) is 0 Å². The molecule has 2 N–H and O–H groups in total. The number of halogens is 1. The van der Waals surface area contributed by atoms with Gasteiger partial charge >= 0.3 is 0 Å². The van der Waals surface area contributed by atoms with Crippen molar-refractivity contribution in [1.29, 1.82) is 0 Å². The van der Waals surface area contributed by atoms with Crippen molar-refractivity contribution in [3.05, 3.63) is 81.7 Å². The highest BCUT2D eigenvalue weighted by molar-refractivity contribution is 6.29. The van der Waals surface area contributed by atoms with Crippen LogP contribution in [-0.2, 0) is 22.7 Å². The summed E-state index contributed by atoms with van der Waals surface area (Å²) in [5.74, 6) is 5.68. The van der Waals surface area contributed by atoms with Crippen molar-refractivity contribution in [2.45, 2.75) is 13.2 Å². The summed E-state index contributed by atoms with van der Waals surface area (Å²) >= 11 is 6.09. The van der Waals surface area contributed by atoms with Gasteiger partial charge in [-0.2, -0.15) is 5.10 Å². The molecular weight excluding hydrogens is 470 g/mol. The zero-order chi connectivity index (χ0) is 24.6. The highest BCUT2D eigenvalue weighted by Gasteiger charge is 2.13. The molecule has 1 aromatic carbocycles. The minimum atomic E-state index is -0.397. The van der Waals surface area contributed by atoms with Crippen molar-refractivity contribution in [2.75, 3.05) is 31.3 Å². The monoisotopic (exact) mass is 493 g/mol. The van der Waals surface area contributed by atoms with Crippen LogP contribution < -0.4 is 10.9 Å². The smallest absolute Gasteiger partial charge is 0.265 e. The number of anilines is 1. The Labute approximate surface area is 207 Å². The summed E-state index contributed by atoms with van der Waals surface area (Å²) in [7, 11) is 0. The Morgan fingerprint density at radius 1 is 1.29 bits per heavy atom. The summed E-state index contributed by atoms with van der Waals surface area (Å²) < 4.78 is 6.88. The number of hydrogen-bond donors (Lipinski definition) is 1. The van der Waals surface area contributed by atoms with E-state index in [1.165, 1.54) is 10.8 Å². The molecule has 3 heterocycles. The highest BCUT2D eigenvalue weighted by atomic mass is 35.5. The fraction of sp³-hybridized carbons (Fsp3) is 0.261. The van der Waals surface area contributed by atoms with Crippen LogP contribution in [0.1, 0.15) is 11.1 Å². The molecule has 11 nitrogen and oxygen atoms in total. The summed E-state index contributed by atoms with van der Waals surface area (Å²) in [6, 6.07) is 9.27. The summed E-state index contributed by atoms with van der Waals surface area (Å²) in [6.45, 7) is 4.20. The Hall–Kier alpha value is -3.73. The molecule has 12 heteroatoms. The van der Waals surface area contributed by atoms with Crippen LogP contribution in [0.15, 0.2) is 60.1 Å². The number of hydrazine groups is 1. The molecule has 35 heavy (non-hydrogen) atoms. The van der Waals surface area contributed by atoms with E-state index in [0.29, 0.717) is 16.4 Å². The van der Waals surface area contributed by atoms with Crippen LogP contribution in [0.2, 0.25) is 5.15 Å². The average Bonchev–Trinajstić information content (AvgIpc) is 3.36. The first kappa shape index (κ1) is 24.4. The lowest BCUT2D eigenvalue weighted by Gasteiger charge is -2.26. The van der Waals surface area contributed by atoms with E-state index in [1.54, 1.807) is 30.7 Å². The van der Waals surface area contributed by atoms with Crippen LogP contribution in [0, 0.1) is 0 Å². The second-order valence-corrected chi connectivity index (χ2v) is 8.22. The van der Waals surface area contributed by atoms with E-state index in [2.05, 4.69) is 25.0 Å². The van der Waals surface area contributed by atoms with Gasteiger partial charge in [-0.3, -0.25) is 14.4 Å². The predicted octanol–water partition coefficient (Wildman–Crippen LogP) is 3.62. The minimum Gasteiger partial charge on any atom is -0.379 e. The van der Waals surface area contributed by atoms with Gasteiger partial charge in [0, 0.05) is 54.1 Å². The van der Waals surface area contributed by atoms with Gasteiger partial charge in [0.25, 0.3) is 5.91 Å². The number of carbonyl (C=O) groups excluding carboxylic acids is 1. The number of azide groups is 1. The first-order chi connectivity index (χ1) is 17.0. The molecule has 1 fully saturated rings. The molecule has 1 saturated heterocycles. The Kier molecular flexibility index (Phi) is 8.09. The Morgan fingerprint density at radius 2 is 2.06 bits per heavy atom. The summed E-state index contributed by atoms with van der Waals surface area (Å²) in [5, 5.41) is 9.04. The van der Waals surface area contributed by atoms with Crippen LogP contribution >= 0.6 is 11.6 Å². The Bertz CT molecular complexity index is 1250. The average molecular weight is 494 g/mol. The number of amides is 1. The van der Waals surface area contributed by atoms with Crippen molar-refractivity contribution in [3.8, 4) is 11.1 Å². The molecule has 2 aromatic heterocycles. The van der Waals surface area contributed by atoms with Gasteiger partial charge in [-0.15, -0.1) is 0 Å². The van der Waals surface area contributed by atoms with Gasteiger partial charge < -0.3 is 4.74 Å². The molecule has 0 saturated carbocycles. The number of nitrogens with two attached hydrogens (primary N) is 1. The van der Waals surface area contributed by atoms with Gasteiger partial charge in [0.1, 0.15) is 11.8 Å². The number of rotatable bonds is 8. The van der Waals surface area contributed by atoms with E-state index >= 15 is 0 Å². The second kappa shape index (κ2) is 11.6. The quantitative estimate of drug-likeness (QED) is 0.0743. The molecular formula is C23H24ClN9O2. The second-order valence-electron chi connectivity index (χ2n) is 7.83. The molecule has 0 aliphatic carbocycles. The van der Waals surface area contributed by atoms with Crippen LogP contribution in [0.4, 0.5) is 5.69 Å². The molecule has 0 radical (unpaired) electrons. The maximum Gasteiger partial charge on any atom is 0.265 e. The first-order valence-electron chi connectivity index (χ1n) is 10.9. The Balaban J connectivity index is 1.45. The highest BCUT2D eigenvalue weighted by Crippen LogP contribution is 2.26. The van der Waals surface area contributed by atoms with Gasteiger partial charge in [-0.05, 0) is 40.9 Å². The third-order valence-electron chi connectivity index (χ3n) is 5.48. The van der Waals surface area contributed by atoms with Gasteiger partial charge in [-0.1, -0.05) is 28.8 Å². The van der Waals surface area contributed by atoms with Crippen LogP contribution in [0.25, 0.3) is 27.6 Å². The van der Waals surface area contributed by atoms with Crippen LogP contribution in [-0.4, -0.2) is 51.9 Å². The number of aromatic nitrogens is 3. The molecule has 1 aliphatic heterocycles. The molecule has 0 atom stereocenters. The van der Waals surface area contributed by atoms with E-state index in [0.717, 1.165) is 54.5 Å². The molecule has 4 rings (SSSR count). The number of benzene rings is 1. The molecule has 3 aromatic rings. The van der Waals surface area contributed by atoms with Crippen molar-refractivity contribution >= 4 is 29.3 Å². The van der Waals surface area contributed by atoms with E-state index in [-0.39, 0.29) is 6.67 Å². The first-order valence-corrected chi connectivity index (χ1v) is 11.3. The number of pyridine rings is 1. The zero-order valence-electron chi connectivity index (χ0n) is 18.9. The van der Waals surface area contributed by atoms with E-state index in [1.807, 2.05) is 24.3 Å². The maximum atomic E-state index is 12.7. The Morgan fingerprint density at radius 3 is 2.80 bits per heavy atom. The van der Waals surface area contributed by atoms with E-state index < -0.39 is 5.91 Å². The number of carbonyl (C=O) groups is 1. The van der Waals surface area contributed by atoms with Gasteiger partial charge in [0.15, 0.2) is 0 Å². The summed E-state index contributed by atoms with van der Waals surface area (Å²) in [5.41, 5.74) is 12.3. The number of morpholine rings is 1. The minimum absolute atomic E-state index is 0.0618.